The molecule has 1 aromatic rings. The van der Waals surface area contributed by atoms with Gasteiger partial charge in [0.1, 0.15) is 5.75 Å². The molecule has 0 fully saturated rings. The highest BCUT2D eigenvalue weighted by atomic mass is 35.5. The fourth-order valence-electron chi connectivity index (χ4n) is 1.30. The summed E-state index contributed by atoms with van der Waals surface area (Å²) in [6, 6.07) is 7.68. The van der Waals surface area contributed by atoms with Crippen LogP contribution in [0.15, 0.2) is 24.3 Å². The number of benzene rings is 1. The minimum atomic E-state index is -0.605. The first-order chi connectivity index (χ1) is 7.02. The van der Waals surface area contributed by atoms with Gasteiger partial charge < -0.3 is 4.74 Å². The summed E-state index contributed by atoms with van der Waals surface area (Å²) in [4.78, 5) is 10.9. The van der Waals surface area contributed by atoms with Gasteiger partial charge >= 0.3 is 0 Å². The molecule has 0 saturated carbocycles. The van der Waals surface area contributed by atoms with Gasteiger partial charge in [0.2, 0.25) is 0 Å². The molecule has 0 amide bonds. The molecule has 0 spiro atoms. The Hall–Kier alpha value is -1.02. The second kappa shape index (κ2) is 5.17. The van der Waals surface area contributed by atoms with Crippen molar-refractivity contribution in [2.24, 2.45) is 0 Å². The van der Waals surface area contributed by atoms with Crippen LogP contribution in [-0.4, -0.2) is 11.3 Å². The molecule has 0 bridgehead atoms. The second-order valence-electron chi connectivity index (χ2n) is 3.76. The van der Waals surface area contributed by atoms with E-state index in [1.165, 1.54) is 0 Å². The lowest BCUT2D eigenvalue weighted by Gasteiger charge is -2.16. The topological polar surface area (TPSA) is 26.3 Å². The van der Waals surface area contributed by atoms with E-state index >= 15 is 0 Å². The van der Waals surface area contributed by atoms with Gasteiger partial charge in [0.15, 0.2) is 6.10 Å². The van der Waals surface area contributed by atoms with E-state index in [1.54, 1.807) is 6.92 Å². The molecule has 15 heavy (non-hydrogen) atoms. The lowest BCUT2D eigenvalue weighted by molar-refractivity contribution is -0.117. The predicted molar refractivity (Wildman–Crippen MR) is 61.5 cm³/mol. The lowest BCUT2D eigenvalue weighted by atomic mass is 10.0. The van der Waals surface area contributed by atoms with Crippen molar-refractivity contribution in [3.63, 3.8) is 0 Å². The van der Waals surface area contributed by atoms with Crippen molar-refractivity contribution < 1.29 is 9.53 Å². The van der Waals surface area contributed by atoms with E-state index in [1.807, 2.05) is 24.3 Å². The van der Waals surface area contributed by atoms with E-state index in [9.17, 15) is 4.79 Å². The Morgan fingerprint density at radius 2 is 1.87 bits per heavy atom. The predicted octanol–water partition coefficient (Wildman–Crippen LogP) is 3.34. The van der Waals surface area contributed by atoms with E-state index < -0.39 is 11.3 Å². The van der Waals surface area contributed by atoms with Crippen LogP contribution in [0.5, 0.6) is 5.75 Å². The molecule has 1 rings (SSSR count). The summed E-state index contributed by atoms with van der Waals surface area (Å²) in [7, 11) is 0. The first-order valence-electron chi connectivity index (χ1n) is 4.97. The molecule has 0 aliphatic rings. The van der Waals surface area contributed by atoms with Crippen molar-refractivity contribution in [3.05, 3.63) is 29.8 Å². The molecule has 1 aromatic carbocycles. The van der Waals surface area contributed by atoms with Crippen molar-refractivity contribution >= 4 is 16.8 Å². The van der Waals surface area contributed by atoms with Crippen molar-refractivity contribution in [2.75, 3.05) is 0 Å². The summed E-state index contributed by atoms with van der Waals surface area (Å²) >= 11 is 5.35. The molecule has 0 heterocycles. The number of hydrogen-bond donors (Lipinski definition) is 0. The molecule has 82 valence electrons. The standard InChI is InChI=1S/C12H15ClO2/c1-8(2)10-6-4-5-7-11(10)15-9(3)12(13)14/h4-9H,1-3H3/t9-/m0/s1. The number of hydrogen-bond acceptors (Lipinski definition) is 2. The molecule has 2 nitrogen and oxygen atoms in total. The van der Waals surface area contributed by atoms with E-state index in [-0.39, 0.29) is 0 Å². The molecule has 0 radical (unpaired) electrons. The minimum absolute atomic E-state index is 0.360. The molecule has 1 atom stereocenters. The first-order valence-corrected chi connectivity index (χ1v) is 5.35. The molecule has 0 aromatic heterocycles. The monoisotopic (exact) mass is 226 g/mol. The lowest BCUT2D eigenvalue weighted by Crippen LogP contribution is -2.19. The zero-order chi connectivity index (χ0) is 11.4. The van der Waals surface area contributed by atoms with Gasteiger partial charge in [-0.2, -0.15) is 0 Å². The van der Waals surface area contributed by atoms with Crippen molar-refractivity contribution in [1.82, 2.24) is 0 Å². The third-order valence-corrected chi connectivity index (χ3v) is 2.47. The Bertz CT molecular complexity index is 347. The summed E-state index contributed by atoms with van der Waals surface area (Å²) in [6.45, 7) is 5.80. The zero-order valence-corrected chi connectivity index (χ0v) is 9.91. The minimum Gasteiger partial charge on any atom is -0.481 e. The maximum absolute atomic E-state index is 10.9. The van der Waals surface area contributed by atoms with Gasteiger partial charge in [0.05, 0.1) is 0 Å². The highest BCUT2D eigenvalue weighted by Gasteiger charge is 2.14. The number of para-hydroxylation sites is 1. The van der Waals surface area contributed by atoms with Gasteiger partial charge in [0.25, 0.3) is 5.24 Å². The molecular formula is C12H15ClO2. The van der Waals surface area contributed by atoms with Crippen LogP contribution < -0.4 is 4.74 Å². The van der Waals surface area contributed by atoms with Gasteiger partial charge in [-0.1, -0.05) is 32.0 Å². The van der Waals surface area contributed by atoms with E-state index in [2.05, 4.69) is 13.8 Å². The quantitative estimate of drug-likeness (QED) is 0.736. The average Bonchev–Trinajstić information content (AvgIpc) is 2.18. The molecule has 0 aliphatic heterocycles. The summed E-state index contributed by atoms with van der Waals surface area (Å²) in [5.74, 6) is 1.09. The van der Waals surface area contributed by atoms with Crippen LogP contribution in [0.3, 0.4) is 0 Å². The Morgan fingerprint density at radius 1 is 1.27 bits per heavy atom. The van der Waals surface area contributed by atoms with Crippen LogP contribution in [0.4, 0.5) is 0 Å². The zero-order valence-electron chi connectivity index (χ0n) is 9.16. The largest absolute Gasteiger partial charge is 0.481 e. The molecule has 0 N–H and O–H groups in total. The van der Waals surface area contributed by atoms with Crippen LogP contribution in [0, 0.1) is 0 Å². The van der Waals surface area contributed by atoms with Gasteiger partial charge in [-0.3, -0.25) is 4.79 Å². The number of carbonyl (C=O) groups is 1. The van der Waals surface area contributed by atoms with E-state index in [0.29, 0.717) is 5.92 Å². The number of carbonyl (C=O) groups excluding carboxylic acids is 1. The van der Waals surface area contributed by atoms with Crippen LogP contribution in [0.25, 0.3) is 0 Å². The normalized spacial score (nSPS) is 12.6. The van der Waals surface area contributed by atoms with Crippen LogP contribution in [-0.2, 0) is 4.79 Å². The highest BCUT2D eigenvalue weighted by Crippen LogP contribution is 2.26. The maximum atomic E-state index is 10.9. The van der Waals surface area contributed by atoms with Crippen LogP contribution in [0.2, 0.25) is 0 Å². The third kappa shape index (κ3) is 3.24. The Labute approximate surface area is 95.2 Å². The SMILES string of the molecule is CC(C)c1ccccc1O[C@@H](C)C(=O)Cl. The Balaban J connectivity index is 2.89. The maximum Gasteiger partial charge on any atom is 0.262 e. The molecule has 0 saturated heterocycles. The van der Waals surface area contributed by atoms with Crippen molar-refractivity contribution in [1.29, 1.82) is 0 Å². The van der Waals surface area contributed by atoms with Crippen molar-refractivity contribution in [2.45, 2.75) is 32.8 Å². The Kier molecular flexibility index (Phi) is 4.15. The van der Waals surface area contributed by atoms with E-state index in [4.69, 9.17) is 16.3 Å². The smallest absolute Gasteiger partial charge is 0.262 e. The number of ether oxygens (including phenoxy) is 1. The fourth-order valence-corrected chi connectivity index (χ4v) is 1.35. The Morgan fingerprint density at radius 3 is 2.40 bits per heavy atom. The summed E-state index contributed by atoms with van der Waals surface area (Å²) in [5.41, 5.74) is 1.09. The van der Waals surface area contributed by atoms with Gasteiger partial charge in [-0.25, -0.2) is 0 Å². The molecule has 3 heteroatoms. The number of halogens is 1. The molecule has 0 aliphatic carbocycles. The molecule has 0 unspecified atom stereocenters. The van der Waals surface area contributed by atoms with Crippen molar-refractivity contribution in [3.8, 4) is 5.75 Å². The van der Waals surface area contributed by atoms with Crippen LogP contribution in [0.1, 0.15) is 32.3 Å². The summed E-state index contributed by atoms with van der Waals surface area (Å²) in [5, 5.41) is -0.478. The molecular weight excluding hydrogens is 212 g/mol. The first kappa shape index (κ1) is 12.1. The second-order valence-corrected chi connectivity index (χ2v) is 4.13. The van der Waals surface area contributed by atoms with Gasteiger partial charge in [0, 0.05) is 0 Å². The summed E-state index contributed by atoms with van der Waals surface area (Å²) in [6.07, 6.45) is -0.605. The number of rotatable bonds is 4. The van der Waals surface area contributed by atoms with Gasteiger partial charge in [-0.05, 0) is 36.1 Å². The average molecular weight is 227 g/mol. The van der Waals surface area contributed by atoms with Crippen LogP contribution >= 0.6 is 11.6 Å². The summed E-state index contributed by atoms with van der Waals surface area (Å²) < 4.78 is 5.49. The fraction of sp³-hybridized carbons (Fsp3) is 0.417. The third-order valence-electron chi connectivity index (χ3n) is 2.16. The highest BCUT2D eigenvalue weighted by molar-refractivity contribution is 6.64. The van der Waals surface area contributed by atoms with Gasteiger partial charge in [-0.15, -0.1) is 0 Å². The van der Waals surface area contributed by atoms with E-state index in [0.717, 1.165) is 11.3 Å².